The zero-order chi connectivity index (χ0) is 22.2. The van der Waals surface area contributed by atoms with Gasteiger partial charge in [-0.15, -0.1) is 0 Å². The van der Waals surface area contributed by atoms with E-state index in [1.807, 2.05) is 36.5 Å². The van der Waals surface area contributed by atoms with Gasteiger partial charge in [-0.25, -0.2) is 9.18 Å². The summed E-state index contributed by atoms with van der Waals surface area (Å²) < 4.78 is 24.8. The molecule has 2 N–H and O–H groups in total. The van der Waals surface area contributed by atoms with Gasteiger partial charge in [-0.1, -0.05) is 30.3 Å². The summed E-state index contributed by atoms with van der Waals surface area (Å²) in [6.07, 6.45) is 0.957. The van der Waals surface area contributed by atoms with Gasteiger partial charge in [-0.2, -0.15) is 0 Å². The van der Waals surface area contributed by atoms with E-state index in [1.165, 1.54) is 19.1 Å². The van der Waals surface area contributed by atoms with Crippen LogP contribution in [0.2, 0.25) is 0 Å². The number of hydrogen-bond acceptors (Lipinski definition) is 5. The van der Waals surface area contributed by atoms with E-state index in [0.717, 1.165) is 16.5 Å². The number of H-pyrrole nitrogens is 1. The maximum Gasteiger partial charge on any atom is 0.410 e. The minimum atomic E-state index is -0.463. The summed E-state index contributed by atoms with van der Waals surface area (Å²) in [5.74, 6) is -0.764. The second-order valence-corrected chi connectivity index (χ2v) is 8.31. The molecule has 7 nitrogen and oxygen atoms in total. The SMILES string of the molecule is CC(=O)OC1CNC2C(c3c[nH]c4cc(F)ccc34)CN(C(=O)OCc3ccccc3)C12. The fraction of sp³-hybridized carbons (Fsp3) is 0.333. The fourth-order valence-electron chi connectivity index (χ4n) is 4.99. The molecule has 0 spiro atoms. The van der Waals surface area contributed by atoms with Crippen LogP contribution in [-0.4, -0.2) is 53.2 Å². The highest BCUT2D eigenvalue weighted by Crippen LogP contribution is 2.40. The summed E-state index contributed by atoms with van der Waals surface area (Å²) in [5.41, 5.74) is 2.59. The third-order valence-electron chi connectivity index (χ3n) is 6.32. The first kappa shape index (κ1) is 20.5. The molecule has 32 heavy (non-hydrogen) atoms. The maximum atomic E-state index is 13.7. The predicted molar refractivity (Wildman–Crippen MR) is 115 cm³/mol. The highest BCUT2D eigenvalue weighted by Gasteiger charge is 2.53. The van der Waals surface area contributed by atoms with Gasteiger partial charge in [-0.3, -0.25) is 9.69 Å². The van der Waals surface area contributed by atoms with Crippen LogP contribution in [-0.2, 0) is 20.9 Å². The molecule has 4 unspecified atom stereocenters. The number of esters is 1. The number of rotatable bonds is 4. The lowest BCUT2D eigenvalue weighted by molar-refractivity contribution is -0.147. The van der Waals surface area contributed by atoms with E-state index >= 15 is 0 Å². The van der Waals surface area contributed by atoms with E-state index in [2.05, 4.69) is 10.3 Å². The first-order valence-electron chi connectivity index (χ1n) is 10.7. The molecule has 0 aliphatic carbocycles. The topological polar surface area (TPSA) is 83.7 Å². The molecule has 0 radical (unpaired) electrons. The maximum absolute atomic E-state index is 13.7. The molecule has 8 heteroatoms. The van der Waals surface area contributed by atoms with Crippen LogP contribution in [0.4, 0.5) is 9.18 Å². The van der Waals surface area contributed by atoms with Gasteiger partial charge >= 0.3 is 12.1 Å². The van der Waals surface area contributed by atoms with Gasteiger partial charge in [0.05, 0.1) is 6.04 Å². The fourth-order valence-corrected chi connectivity index (χ4v) is 4.99. The third kappa shape index (κ3) is 3.71. The van der Waals surface area contributed by atoms with Crippen molar-refractivity contribution < 1.29 is 23.5 Å². The van der Waals surface area contributed by atoms with Crippen molar-refractivity contribution in [3.05, 3.63) is 71.7 Å². The van der Waals surface area contributed by atoms with E-state index < -0.39 is 12.2 Å². The number of ether oxygens (including phenoxy) is 2. The predicted octanol–water partition coefficient (Wildman–Crippen LogP) is 3.32. The number of carbonyl (C=O) groups excluding carboxylic acids is 2. The molecule has 166 valence electrons. The number of hydrogen-bond donors (Lipinski definition) is 2. The quantitative estimate of drug-likeness (QED) is 0.612. The molecule has 2 aliphatic rings. The first-order chi connectivity index (χ1) is 15.5. The number of carbonyl (C=O) groups is 2. The number of likely N-dealkylation sites (tertiary alicyclic amines) is 1. The van der Waals surface area contributed by atoms with Crippen molar-refractivity contribution in [3.63, 3.8) is 0 Å². The van der Waals surface area contributed by atoms with E-state index in [1.54, 1.807) is 11.0 Å². The van der Waals surface area contributed by atoms with Crippen LogP contribution in [0.25, 0.3) is 10.9 Å². The second-order valence-electron chi connectivity index (χ2n) is 8.31. The van der Waals surface area contributed by atoms with Gasteiger partial charge in [0.2, 0.25) is 0 Å². The van der Waals surface area contributed by atoms with Gasteiger partial charge in [-0.05, 0) is 29.3 Å². The van der Waals surface area contributed by atoms with Crippen molar-refractivity contribution in [1.29, 1.82) is 0 Å². The summed E-state index contributed by atoms with van der Waals surface area (Å²) in [7, 11) is 0. The highest BCUT2D eigenvalue weighted by atomic mass is 19.1. The van der Waals surface area contributed by atoms with Gasteiger partial charge in [0, 0.05) is 49.1 Å². The summed E-state index contributed by atoms with van der Waals surface area (Å²) in [6, 6.07) is 13.7. The lowest BCUT2D eigenvalue weighted by Crippen LogP contribution is -2.46. The normalized spacial score (nSPS) is 24.5. The first-order valence-corrected chi connectivity index (χ1v) is 10.7. The minimum absolute atomic E-state index is 0.0657. The summed E-state index contributed by atoms with van der Waals surface area (Å²) in [5, 5.41) is 4.34. The van der Waals surface area contributed by atoms with E-state index in [4.69, 9.17) is 9.47 Å². The molecular formula is C24H24FN3O4. The lowest BCUT2D eigenvalue weighted by atomic mass is 9.91. The van der Waals surface area contributed by atoms with Crippen molar-refractivity contribution in [1.82, 2.24) is 15.2 Å². The summed E-state index contributed by atoms with van der Waals surface area (Å²) >= 11 is 0. The average Bonchev–Trinajstić information content (AvgIpc) is 3.47. The Hall–Kier alpha value is -3.39. The van der Waals surface area contributed by atoms with Crippen molar-refractivity contribution in [2.75, 3.05) is 13.1 Å². The van der Waals surface area contributed by atoms with E-state index in [9.17, 15) is 14.0 Å². The lowest BCUT2D eigenvalue weighted by Gasteiger charge is -2.27. The van der Waals surface area contributed by atoms with Crippen LogP contribution in [0.15, 0.2) is 54.7 Å². The number of halogens is 1. The monoisotopic (exact) mass is 437 g/mol. The average molecular weight is 437 g/mol. The molecule has 0 bridgehead atoms. The van der Waals surface area contributed by atoms with Gasteiger partial charge in [0.1, 0.15) is 18.5 Å². The number of aromatic amines is 1. The Balaban J connectivity index is 1.42. The number of fused-ring (bicyclic) bond motifs is 2. The minimum Gasteiger partial charge on any atom is -0.459 e. The van der Waals surface area contributed by atoms with Gasteiger partial charge in [0.25, 0.3) is 0 Å². The molecule has 2 fully saturated rings. The van der Waals surface area contributed by atoms with Gasteiger partial charge in [0.15, 0.2) is 0 Å². The molecule has 3 heterocycles. The molecule has 4 atom stereocenters. The standard InChI is InChI=1S/C24H24FN3O4/c1-14(29)32-21-11-27-22-19(18-10-26-20-9-16(25)7-8-17(18)20)12-28(23(21)22)24(30)31-13-15-5-3-2-4-6-15/h2-10,19,21-23,26-27H,11-13H2,1H3. The summed E-state index contributed by atoms with van der Waals surface area (Å²) in [4.78, 5) is 29.6. The summed E-state index contributed by atoms with van der Waals surface area (Å²) in [6.45, 7) is 2.38. The second kappa shape index (κ2) is 8.27. The number of aromatic nitrogens is 1. The largest absolute Gasteiger partial charge is 0.459 e. The molecule has 2 aliphatic heterocycles. The van der Waals surface area contributed by atoms with Crippen LogP contribution in [0.3, 0.4) is 0 Å². The Morgan fingerprint density at radius 1 is 1.19 bits per heavy atom. The molecule has 5 rings (SSSR count). The Bertz CT molecular complexity index is 1150. The molecule has 2 aromatic carbocycles. The van der Waals surface area contributed by atoms with Crippen molar-refractivity contribution in [3.8, 4) is 0 Å². The zero-order valence-electron chi connectivity index (χ0n) is 17.6. The molecule has 0 saturated carbocycles. The van der Waals surface area contributed by atoms with Crippen molar-refractivity contribution in [2.45, 2.75) is 37.6 Å². The number of nitrogens with one attached hydrogen (secondary N) is 2. The van der Waals surface area contributed by atoms with Crippen molar-refractivity contribution in [2.24, 2.45) is 0 Å². The molecular weight excluding hydrogens is 413 g/mol. The smallest absolute Gasteiger partial charge is 0.410 e. The van der Waals surface area contributed by atoms with Crippen LogP contribution < -0.4 is 5.32 Å². The van der Waals surface area contributed by atoms with Gasteiger partial charge < -0.3 is 19.8 Å². The Morgan fingerprint density at radius 2 is 2.00 bits per heavy atom. The van der Waals surface area contributed by atoms with Crippen LogP contribution in [0.5, 0.6) is 0 Å². The Kier molecular flexibility index (Phi) is 5.30. The Labute approximate surface area is 184 Å². The molecule has 1 aromatic heterocycles. The van der Waals surface area contributed by atoms with E-state index in [-0.39, 0.29) is 36.4 Å². The van der Waals surface area contributed by atoms with E-state index in [0.29, 0.717) is 18.6 Å². The third-order valence-corrected chi connectivity index (χ3v) is 6.32. The Morgan fingerprint density at radius 3 is 2.78 bits per heavy atom. The van der Waals surface area contributed by atoms with Crippen LogP contribution >= 0.6 is 0 Å². The number of amides is 1. The highest BCUT2D eigenvalue weighted by molar-refractivity contribution is 5.84. The molecule has 1 amide bonds. The van der Waals surface area contributed by atoms with Crippen LogP contribution in [0, 0.1) is 5.82 Å². The molecule has 2 saturated heterocycles. The molecule has 3 aromatic rings. The number of nitrogens with zero attached hydrogens (tertiary/aromatic N) is 1. The van der Waals surface area contributed by atoms with Crippen molar-refractivity contribution >= 4 is 23.0 Å². The number of benzene rings is 2. The zero-order valence-corrected chi connectivity index (χ0v) is 17.6. The van der Waals surface area contributed by atoms with Crippen LogP contribution in [0.1, 0.15) is 24.0 Å².